The Labute approximate surface area is 250 Å². The average Bonchev–Trinajstić information content (AvgIpc) is 3.33. The summed E-state index contributed by atoms with van der Waals surface area (Å²) in [6.07, 6.45) is -5.03. The zero-order valence-corrected chi connectivity index (χ0v) is 23.0. The lowest BCUT2D eigenvalue weighted by molar-refractivity contribution is -0.143. The number of hydrogen-bond donors (Lipinski definition) is 1. The molecule has 0 unspecified atom stereocenters. The fourth-order valence-electron chi connectivity index (χ4n) is 4.74. The molecule has 2 aliphatic heterocycles. The zero-order valence-electron chi connectivity index (χ0n) is 23.0. The second-order valence-corrected chi connectivity index (χ2v) is 9.71. The molecular formula is C30H25N5O9. The largest absolute Gasteiger partial charge is 0.459 e. The highest BCUT2D eigenvalue weighted by Gasteiger charge is 2.63. The summed E-state index contributed by atoms with van der Waals surface area (Å²) in [5.74, 6) is -3.16. The van der Waals surface area contributed by atoms with E-state index in [2.05, 4.69) is 15.3 Å². The van der Waals surface area contributed by atoms with Gasteiger partial charge in [-0.2, -0.15) is 0 Å². The Hall–Kier alpha value is -5.72. The van der Waals surface area contributed by atoms with Crippen LogP contribution >= 0.6 is 0 Å². The summed E-state index contributed by atoms with van der Waals surface area (Å²) in [5, 5.41) is 5.91. The molecule has 2 saturated heterocycles. The third-order valence-electron chi connectivity index (χ3n) is 6.87. The molecule has 0 bridgehead atoms. The van der Waals surface area contributed by atoms with Gasteiger partial charge in [-0.25, -0.2) is 19.2 Å². The van der Waals surface area contributed by atoms with E-state index in [1.165, 1.54) is 36.4 Å². The lowest BCUT2D eigenvalue weighted by Crippen LogP contribution is -2.57. The fourth-order valence-corrected chi connectivity index (χ4v) is 4.74. The topological polar surface area (TPSA) is 186 Å². The lowest BCUT2D eigenvalue weighted by atomic mass is 10.0. The van der Waals surface area contributed by atoms with Crippen molar-refractivity contribution >= 4 is 29.8 Å². The van der Waals surface area contributed by atoms with Crippen LogP contribution in [0.4, 0.5) is 4.79 Å². The van der Waals surface area contributed by atoms with Gasteiger partial charge >= 0.3 is 23.9 Å². The smallest absolute Gasteiger partial charge is 0.338 e. The van der Waals surface area contributed by atoms with Gasteiger partial charge in [0.25, 0.3) is 0 Å². The van der Waals surface area contributed by atoms with E-state index in [0.717, 1.165) is 4.90 Å². The number of urea groups is 1. The third-order valence-corrected chi connectivity index (χ3v) is 6.87. The van der Waals surface area contributed by atoms with Gasteiger partial charge in [0.15, 0.2) is 18.4 Å². The highest BCUT2D eigenvalue weighted by atomic mass is 16.7. The number of azide groups is 1. The standard InChI is InChI=1S/C30H25N5O9/c31-34-33-30(18-41-26(37)19-10-4-1-5-11-19)24(43-28(39)21-14-8-3-9-15-21)23(42-27(38)20-12-6-2-7-13-20)25(44-30)35-17-16-22(36)32-29(35)40/h1-15,23-25H,16-18H2,(H,32,36,40)/t23-,24+,25-,30-/m1/s1. The van der Waals surface area contributed by atoms with Crippen molar-refractivity contribution < 1.29 is 42.9 Å². The number of imide groups is 1. The Morgan fingerprint density at radius 3 is 1.91 bits per heavy atom. The van der Waals surface area contributed by atoms with E-state index in [-0.39, 0.29) is 29.7 Å². The first-order valence-corrected chi connectivity index (χ1v) is 13.4. The molecule has 14 heteroatoms. The molecule has 2 fully saturated rings. The fraction of sp³-hybridized carbons (Fsp3) is 0.233. The van der Waals surface area contributed by atoms with Gasteiger partial charge in [0.05, 0.1) is 16.7 Å². The van der Waals surface area contributed by atoms with E-state index in [1.807, 2.05) is 0 Å². The van der Waals surface area contributed by atoms with E-state index in [1.54, 1.807) is 54.6 Å². The molecule has 0 saturated carbocycles. The SMILES string of the molecule is [N-]=[N+]=N[C@]1(COC(=O)c2ccccc2)O[C@@H](N2CCC(=O)NC2=O)[C@H](OC(=O)c2ccccc2)[C@@H]1OC(=O)c1ccccc1. The highest BCUT2D eigenvalue weighted by molar-refractivity contribution is 5.97. The number of hydrogen-bond acceptors (Lipinski definition) is 10. The van der Waals surface area contributed by atoms with E-state index < -0.39 is 60.6 Å². The van der Waals surface area contributed by atoms with Crippen LogP contribution in [0.15, 0.2) is 96.1 Å². The van der Waals surface area contributed by atoms with Crippen molar-refractivity contribution in [2.45, 2.75) is 30.6 Å². The summed E-state index contributed by atoms with van der Waals surface area (Å²) in [7, 11) is 0. The quantitative estimate of drug-likeness (QED) is 0.126. The maximum Gasteiger partial charge on any atom is 0.338 e. The van der Waals surface area contributed by atoms with Crippen LogP contribution in [0.25, 0.3) is 10.4 Å². The zero-order chi connectivity index (χ0) is 31.1. The third kappa shape index (κ3) is 6.36. The molecule has 224 valence electrons. The van der Waals surface area contributed by atoms with E-state index in [9.17, 15) is 29.5 Å². The van der Waals surface area contributed by atoms with Gasteiger partial charge in [0, 0.05) is 17.9 Å². The molecular weight excluding hydrogens is 574 g/mol. The molecule has 0 radical (unpaired) electrons. The number of carbonyl (C=O) groups excluding carboxylic acids is 5. The summed E-state index contributed by atoms with van der Waals surface area (Å²) >= 11 is 0. The summed E-state index contributed by atoms with van der Waals surface area (Å²) in [6.45, 7) is -0.980. The van der Waals surface area contributed by atoms with Gasteiger partial charge in [0.1, 0.15) is 6.61 Å². The van der Waals surface area contributed by atoms with Crippen LogP contribution in [0.5, 0.6) is 0 Å². The van der Waals surface area contributed by atoms with Crippen LogP contribution in [0.2, 0.25) is 0 Å². The van der Waals surface area contributed by atoms with Gasteiger partial charge in [-0.05, 0) is 41.9 Å². The Morgan fingerprint density at radius 1 is 0.864 bits per heavy atom. The summed E-state index contributed by atoms with van der Waals surface area (Å²) < 4.78 is 23.2. The molecule has 3 aromatic rings. The maximum absolute atomic E-state index is 13.3. The molecule has 44 heavy (non-hydrogen) atoms. The molecule has 3 aromatic carbocycles. The molecule has 1 N–H and O–H groups in total. The monoisotopic (exact) mass is 599 g/mol. The lowest BCUT2D eigenvalue weighted by Gasteiger charge is -2.34. The van der Waals surface area contributed by atoms with Crippen molar-refractivity contribution in [3.8, 4) is 0 Å². The second kappa shape index (κ2) is 13.1. The molecule has 3 amide bonds. The highest BCUT2D eigenvalue weighted by Crippen LogP contribution is 2.40. The minimum atomic E-state index is -2.32. The van der Waals surface area contributed by atoms with E-state index in [4.69, 9.17) is 18.9 Å². The molecule has 4 atom stereocenters. The molecule has 0 aromatic heterocycles. The Kier molecular flexibility index (Phi) is 8.84. The Balaban J connectivity index is 1.56. The number of esters is 3. The van der Waals surface area contributed by atoms with Gasteiger partial charge in [-0.3, -0.25) is 15.0 Å². The minimum absolute atomic E-state index is 0.0986. The molecule has 0 spiro atoms. The van der Waals surface area contributed by atoms with Crippen LogP contribution in [-0.4, -0.2) is 72.1 Å². The predicted molar refractivity (Wildman–Crippen MR) is 150 cm³/mol. The Morgan fingerprint density at radius 2 is 1.39 bits per heavy atom. The van der Waals surface area contributed by atoms with E-state index in [0.29, 0.717) is 0 Å². The Bertz CT molecular complexity index is 1600. The average molecular weight is 600 g/mol. The molecule has 2 aliphatic rings. The molecule has 0 aliphatic carbocycles. The van der Waals surface area contributed by atoms with Crippen molar-refractivity contribution in [1.82, 2.24) is 10.2 Å². The van der Waals surface area contributed by atoms with Gasteiger partial charge in [-0.1, -0.05) is 59.7 Å². The maximum atomic E-state index is 13.3. The van der Waals surface area contributed by atoms with Gasteiger partial charge < -0.3 is 18.9 Å². The molecule has 2 heterocycles. The first-order valence-electron chi connectivity index (χ1n) is 13.4. The first-order chi connectivity index (χ1) is 21.3. The van der Waals surface area contributed by atoms with Crippen LogP contribution in [0, 0.1) is 0 Å². The number of ether oxygens (including phenoxy) is 4. The normalized spacial score (nSPS) is 22.7. The van der Waals surface area contributed by atoms with Crippen LogP contribution in [-0.2, 0) is 23.7 Å². The summed E-state index contributed by atoms with van der Waals surface area (Å²) in [5.41, 5.74) is 7.69. The van der Waals surface area contributed by atoms with Crippen LogP contribution in [0.3, 0.4) is 0 Å². The van der Waals surface area contributed by atoms with Gasteiger partial charge in [0.2, 0.25) is 11.6 Å². The van der Waals surface area contributed by atoms with Crippen molar-refractivity contribution in [3.63, 3.8) is 0 Å². The number of amides is 3. The van der Waals surface area contributed by atoms with E-state index >= 15 is 0 Å². The molecule has 5 rings (SSSR count). The molecule has 14 nitrogen and oxygen atoms in total. The number of nitrogens with one attached hydrogen (secondary N) is 1. The minimum Gasteiger partial charge on any atom is -0.459 e. The number of nitrogens with zero attached hydrogens (tertiary/aromatic N) is 4. The number of carbonyl (C=O) groups is 5. The van der Waals surface area contributed by atoms with Crippen molar-refractivity contribution in [2.24, 2.45) is 5.11 Å². The van der Waals surface area contributed by atoms with Crippen molar-refractivity contribution in [1.29, 1.82) is 0 Å². The predicted octanol–water partition coefficient (Wildman–Crippen LogP) is 3.60. The number of rotatable bonds is 9. The first kappa shape index (κ1) is 29.8. The summed E-state index contributed by atoms with van der Waals surface area (Å²) in [4.78, 5) is 68.3. The van der Waals surface area contributed by atoms with Crippen LogP contribution < -0.4 is 5.32 Å². The van der Waals surface area contributed by atoms with Gasteiger partial charge in [-0.15, -0.1) is 0 Å². The number of benzene rings is 3. The van der Waals surface area contributed by atoms with Crippen molar-refractivity contribution in [3.05, 3.63) is 118 Å². The van der Waals surface area contributed by atoms with Crippen molar-refractivity contribution in [2.75, 3.05) is 13.2 Å². The second-order valence-electron chi connectivity index (χ2n) is 9.71. The summed E-state index contributed by atoms with van der Waals surface area (Å²) in [6, 6.07) is 22.7. The van der Waals surface area contributed by atoms with Crippen LogP contribution in [0.1, 0.15) is 37.5 Å².